The zero-order chi connectivity index (χ0) is 20.0. The molecule has 0 aliphatic heterocycles. The average Bonchev–Trinajstić information content (AvgIpc) is 2.63. The van der Waals surface area contributed by atoms with Crippen molar-refractivity contribution in [3.63, 3.8) is 0 Å². The summed E-state index contributed by atoms with van der Waals surface area (Å²) in [6, 6.07) is 10.9. The topological polar surface area (TPSA) is 66.5 Å². The van der Waals surface area contributed by atoms with Crippen molar-refractivity contribution in [2.24, 2.45) is 0 Å². The molecule has 0 aliphatic carbocycles. The first-order valence-corrected chi connectivity index (χ1v) is 10.8. The highest BCUT2D eigenvalue weighted by Gasteiger charge is 2.21. The largest absolute Gasteiger partial charge is 0.324 e. The number of sulfonamides is 1. The van der Waals surface area contributed by atoms with E-state index in [9.17, 15) is 17.6 Å². The van der Waals surface area contributed by atoms with E-state index in [4.69, 9.17) is 0 Å². The van der Waals surface area contributed by atoms with Crippen molar-refractivity contribution in [2.45, 2.75) is 31.6 Å². The van der Waals surface area contributed by atoms with Crippen LogP contribution in [-0.4, -0.2) is 31.7 Å². The first kappa shape index (κ1) is 21.5. The molecule has 2 rings (SSSR count). The quantitative estimate of drug-likeness (QED) is 0.647. The molecule has 0 fully saturated rings. The van der Waals surface area contributed by atoms with E-state index >= 15 is 0 Å². The van der Waals surface area contributed by atoms with Gasteiger partial charge in [0.05, 0.1) is 10.6 Å². The van der Waals surface area contributed by atoms with Crippen LogP contribution in [0.3, 0.4) is 0 Å². The van der Waals surface area contributed by atoms with Gasteiger partial charge in [-0.05, 0) is 42.3 Å². The molecule has 5 nitrogen and oxygen atoms in total. The lowest BCUT2D eigenvalue weighted by molar-refractivity contribution is -0.116. The molecular weight excluding hydrogens is 435 g/mol. The van der Waals surface area contributed by atoms with E-state index < -0.39 is 15.8 Å². The summed E-state index contributed by atoms with van der Waals surface area (Å²) in [4.78, 5) is 12.3. The van der Waals surface area contributed by atoms with Crippen LogP contribution in [0.15, 0.2) is 51.8 Å². The van der Waals surface area contributed by atoms with Crippen LogP contribution in [0.4, 0.5) is 10.1 Å². The summed E-state index contributed by atoms with van der Waals surface area (Å²) in [5.41, 5.74) is 0.962. The van der Waals surface area contributed by atoms with Crippen LogP contribution in [0.5, 0.6) is 0 Å². The second kappa shape index (κ2) is 9.43. The van der Waals surface area contributed by atoms with Gasteiger partial charge in [0.25, 0.3) is 0 Å². The fourth-order valence-electron chi connectivity index (χ4n) is 2.60. The standard InChI is InChI=1S/C19H22BrFN2O3S/c1-3-23(4-2)27(25,26)16-9-5-14(6-10-16)7-12-19(24)22-18-11-8-15(20)13-17(18)21/h5-6,8-11,13H,3-4,7,12H2,1-2H3,(H,22,24). The molecule has 0 atom stereocenters. The van der Waals surface area contributed by atoms with E-state index in [1.807, 2.05) is 0 Å². The van der Waals surface area contributed by atoms with E-state index in [2.05, 4.69) is 21.2 Å². The van der Waals surface area contributed by atoms with Gasteiger partial charge in [-0.15, -0.1) is 0 Å². The third-order valence-electron chi connectivity index (χ3n) is 4.11. The number of aryl methyl sites for hydroxylation is 1. The third kappa shape index (κ3) is 5.60. The van der Waals surface area contributed by atoms with Gasteiger partial charge in [0.1, 0.15) is 5.82 Å². The summed E-state index contributed by atoms with van der Waals surface area (Å²) in [5, 5.41) is 2.54. The van der Waals surface area contributed by atoms with Crippen molar-refractivity contribution in [1.29, 1.82) is 0 Å². The fourth-order valence-corrected chi connectivity index (χ4v) is 4.39. The van der Waals surface area contributed by atoms with E-state index in [1.54, 1.807) is 44.2 Å². The van der Waals surface area contributed by atoms with Crippen molar-refractivity contribution in [3.8, 4) is 0 Å². The number of carbonyl (C=O) groups is 1. The molecule has 1 N–H and O–H groups in total. The Morgan fingerprint density at radius 1 is 1.11 bits per heavy atom. The second-order valence-corrected chi connectivity index (χ2v) is 8.76. The zero-order valence-electron chi connectivity index (χ0n) is 15.2. The molecule has 0 spiro atoms. The Morgan fingerprint density at radius 2 is 1.74 bits per heavy atom. The molecule has 0 saturated carbocycles. The number of halogens is 2. The number of nitrogens with one attached hydrogen (secondary N) is 1. The molecule has 27 heavy (non-hydrogen) atoms. The van der Waals surface area contributed by atoms with Crippen molar-refractivity contribution >= 4 is 37.5 Å². The maximum absolute atomic E-state index is 13.7. The summed E-state index contributed by atoms with van der Waals surface area (Å²) in [6.07, 6.45) is 0.590. The van der Waals surface area contributed by atoms with Gasteiger partial charge in [-0.1, -0.05) is 41.9 Å². The van der Waals surface area contributed by atoms with Crippen LogP contribution < -0.4 is 5.32 Å². The molecule has 1 amide bonds. The van der Waals surface area contributed by atoms with E-state index in [0.29, 0.717) is 24.0 Å². The Bertz CT molecular complexity index is 898. The molecule has 0 bridgehead atoms. The molecule has 0 heterocycles. The molecule has 0 unspecified atom stereocenters. The van der Waals surface area contributed by atoms with Crippen molar-refractivity contribution in [3.05, 3.63) is 58.3 Å². The predicted octanol–water partition coefficient (Wildman–Crippen LogP) is 4.19. The lowest BCUT2D eigenvalue weighted by atomic mass is 10.1. The van der Waals surface area contributed by atoms with Gasteiger partial charge < -0.3 is 5.32 Å². The minimum atomic E-state index is -3.49. The molecule has 0 saturated heterocycles. The van der Waals surface area contributed by atoms with E-state index in [-0.39, 0.29) is 22.9 Å². The maximum atomic E-state index is 13.7. The van der Waals surface area contributed by atoms with Crippen LogP contribution in [0.25, 0.3) is 0 Å². The van der Waals surface area contributed by atoms with Crippen LogP contribution in [-0.2, 0) is 21.2 Å². The Morgan fingerprint density at radius 3 is 2.30 bits per heavy atom. The highest BCUT2D eigenvalue weighted by Crippen LogP contribution is 2.20. The first-order valence-electron chi connectivity index (χ1n) is 8.62. The SMILES string of the molecule is CCN(CC)S(=O)(=O)c1ccc(CCC(=O)Nc2ccc(Br)cc2F)cc1. The lowest BCUT2D eigenvalue weighted by Gasteiger charge is -2.18. The first-order chi connectivity index (χ1) is 12.8. The van der Waals surface area contributed by atoms with Gasteiger partial charge in [-0.25, -0.2) is 12.8 Å². The predicted molar refractivity (Wildman–Crippen MR) is 108 cm³/mol. The zero-order valence-corrected chi connectivity index (χ0v) is 17.6. The van der Waals surface area contributed by atoms with Gasteiger partial charge in [-0.2, -0.15) is 4.31 Å². The molecule has 0 aromatic heterocycles. The number of hydrogen-bond donors (Lipinski definition) is 1. The van der Waals surface area contributed by atoms with Gasteiger partial charge in [0.2, 0.25) is 15.9 Å². The summed E-state index contributed by atoms with van der Waals surface area (Å²) in [6.45, 7) is 4.41. The van der Waals surface area contributed by atoms with Crippen LogP contribution in [0, 0.1) is 5.82 Å². The fraction of sp³-hybridized carbons (Fsp3) is 0.316. The molecule has 2 aromatic carbocycles. The van der Waals surface area contributed by atoms with E-state index in [1.165, 1.54) is 16.4 Å². The van der Waals surface area contributed by atoms with Crippen LogP contribution in [0.1, 0.15) is 25.8 Å². The highest BCUT2D eigenvalue weighted by atomic mass is 79.9. The molecule has 146 valence electrons. The molecular formula is C19H22BrFN2O3S. The summed E-state index contributed by atoms with van der Waals surface area (Å²) in [7, 11) is -3.49. The number of anilines is 1. The number of hydrogen-bond acceptors (Lipinski definition) is 3. The van der Waals surface area contributed by atoms with Crippen molar-refractivity contribution in [1.82, 2.24) is 4.31 Å². The van der Waals surface area contributed by atoms with Gasteiger partial charge in [-0.3, -0.25) is 4.79 Å². The number of benzene rings is 2. The Kier molecular flexibility index (Phi) is 7.52. The average molecular weight is 457 g/mol. The van der Waals surface area contributed by atoms with E-state index in [0.717, 1.165) is 5.56 Å². The Hall–Kier alpha value is -1.77. The summed E-state index contributed by atoms with van der Waals surface area (Å²) < 4.78 is 40.6. The number of nitrogens with zero attached hydrogens (tertiary/aromatic N) is 1. The van der Waals surface area contributed by atoms with Crippen LogP contribution >= 0.6 is 15.9 Å². The summed E-state index contributed by atoms with van der Waals surface area (Å²) in [5.74, 6) is -0.820. The number of amides is 1. The smallest absolute Gasteiger partial charge is 0.243 e. The summed E-state index contributed by atoms with van der Waals surface area (Å²) >= 11 is 3.16. The van der Waals surface area contributed by atoms with Crippen LogP contribution in [0.2, 0.25) is 0 Å². The molecule has 0 aliphatic rings. The normalized spacial score (nSPS) is 11.6. The number of rotatable bonds is 8. The lowest BCUT2D eigenvalue weighted by Crippen LogP contribution is -2.30. The Balaban J connectivity index is 1.97. The minimum Gasteiger partial charge on any atom is -0.324 e. The molecule has 0 radical (unpaired) electrons. The highest BCUT2D eigenvalue weighted by molar-refractivity contribution is 9.10. The third-order valence-corrected chi connectivity index (χ3v) is 6.67. The molecule has 8 heteroatoms. The van der Waals surface area contributed by atoms with Crippen molar-refractivity contribution < 1.29 is 17.6 Å². The Labute approximate surface area is 167 Å². The van der Waals surface area contributed by atoms with Gasteiger partial charge in [0.15, 0.2) is 0 Å². The monoisotopic (exact) mass is 456 g/mol. The minimum absolute atomic E-state index is 0.129. The van der Waals surface area contributed by atoms with Gasteiger partial charge in [0, 0.05) is 24.0 Å². The second-order valence-electron chi connectivity index (χ2n) is 5.91. The molecule has 2 aromatic rings. The maximum Gasteiger partial charge on any atom is 0.243 e. The van der Waals surface area contributed by atoms with Gasteiger partial charge >= 0.3 is 0 Å². The van der Waals surface area contributed by atoms with Crippen molar-refractivity contribution in [2.75, 3.05) is 18.4 Å². The number of carbonyl (C=O) groups excluding carboxylic acids is 1.